The van der Waals surface area contributed by atoms with Crippen LogP contribution < -0.4 is 11.1 Å². The summed E-state index contributed by atoms with van der Waals surface area (Å²) in [6.45, 7) is 3.00. The van der Waals surface area contributed by atoms with Gasteiger partial charge in [-0.1, -0.05) is 0 Å². The van der Waals surface area contributed by atoms with Crippen LogP contribution in [0.25, 0.3) is 10.2 Å². The fourth-order valence-electron chi connectivity index (χ4n) is 3.94. The number of hydrogen-bond donors (Lipinski definition) is 2. The molecule has 6 heteroatoms. The largest absolute Gasteiger partial charge is 0.383 e. The van der Waals surface area contributed by atoms with Gasteiger partial charge in [0.25, 0.3) is 0 Å². The quantitative estimate of drug-likeness (QED) is 0.903. The summed E-state index contributed by atoms with van der Waals surface area (Å²) in [5.41, 5.74) is 7.73. The van der Waals surface area contributed by atoms with E-state index in [1.807, 2.05) is 18.4 Å². The molecule has 0 radical (unpaired) electrons. The minimum atomic E-state index is 0.582. The maximum atomic E-state index is 6.31. The fourth-order valence-corrected chi connectivity index (χ4v) is 5.22. The van der Waals surface area contributed by atoms with E-state index in [0.717, 1.165) is 42.1 Å². The number of nitrogens with zero attached hydrogens (tertiary/aromatic N) is 3. The van der Waals surface area contributed by atoms with Crippen LogP contribution in [-0.4, -0.2) is 41.0 Å². The van der Waals surface area contributed by atoms with E-state index in [4.69, 9.17) is 10.7 Å². The molecule has 3 heterocycles. The lowest BCUT2D eigenvalue weighted by atomic mass is 9.97. The van der Waals surface area contributed by atoms with Crippen LogP contribution in [0.1, 0.15) is 41.9 Å². The van der Waals surface area contributed by atoms with Crippen molar-refractivity contribution in [1.29, 1.82) is 0 Å². The molecule has 1 aliphatic heterocycles. The van der Waals surface area contributed by atoms with E-state index in [0.29, 0.717) is 11.9 Å². The summed E-state index contributed by atoms with van der Waals surface area (Å²) < 4.78 is 0. The summed E-state index contributed by atoms with van der Waals surface area (Å²) in [5.74, 6) is 1.57. The van der Waals surface area contributed by atoms with Gasteiger partial charge in [0.2, 0.25) is 0 Å². The monoisotopic (exact) mass is 331 g/mol. The highest BCUT2D eigenvalue weighted by molar-refractivity contribution is 7.19. The van der Waals surface area contributed by atoms with Gasteiger partial charge in [-0.2, -0.15) is 0 Å². The summed E-state index contributed by atoms with van der Waals surface area (Å²) in [7, 11) is 2.05. The minimum Gasteiger partial charge on any atom is -0.383 e. The van der Waals surface area contributed by atoms with Crippen molar-refractivity contribution in [3.8, 4) is 0 Å². The molecule has 1 unspecified atom stereocenters. The Bertz CT molecular complexity index is 711. The van der Waals surface area contributed by atoms with Crippen LogP contribution in [0.3, 0.4) is 0 Å². The number of thiophene rings is 1. The van der Waals surface area contributed by atoms with Crippen LogP contribution in [0.2, 0.25) is 0 Å². The molecule has 23 heavy (non-hydrogen) atoms. The number of piperidine rings is 1. The van der Waals surface area contributed by atoms with E-state index >= 15 is 0 Å². The number of nitrogens with one attached hydrogen (secondary N) is 1. The normalized spacial score (nSPS) is 22.4. The Morgan fingerprint density at radius 2 is 2.13 bits per heavy atom. The Morgan fingerprint density at radius 1 is 1.26 bits per heavy atom. The first-order valence-corrected chi connectivity index (χ1v) is 9.52. The van der Waals surface area contributed by atoms with Gasteiger partial charge in [0.05, 0.1) is 11.9 Å². The number of rotatable bonds is 3. The minimum absolute atomic E-state index is 0.582. The number of hydrogen-bond acceptors (Lipinski definition) is 6. The molecule has 2 aliphatic rings. The van der Waals surface area contributed by atoms with Crippen LogP contribution in [0, 0.1) is 0 Å². The first-order chi connectivity index (χ1) is 11.2. The molecule has 0 bridgehead atoms. The molecule has 0 saturated carbocycles. The second-order valence-electron chi connectivity index (χ2n) is 6.78. The molecular formula is C17H25N5S. The van der Waals surface area contributed by atoms with Gasteiger partial charge >= 0.3 is 0 Å². The van der Waals surface area contributed by atoms with Crippen LogP contribution >= 0.6 is 11.3 Å². The maximum absolute atomic E-state index is 6.31. The number of likely N-dealkylation sites (N-methyl/N-ethyl adjacent to an activating group) is 1. The average molecular weight is 331 g/mol. The topological polar surface area (TPSA) is 67.1 Å². The molecule has 3 N–H and O–H groups in total. The zero-order valence-electron chi connectivity index (χ0n) is 13.8. The van der Waals surface area contributed by atoms with Crippen molar-refractivity contribution < 1.29 is 0 Å². The Kier molecular flexibility index (Phi) is 4.22. The first-order valence-electron chi connectivity index (χ1n) is 8.71. The highest BCUT2D eigenvalue weighted by Gasteiger charge is 2.22. The van der Waals surface area contributed by atoms with Gasteiger partial charge < -0.3 is 11.1 Å². The van der Waals surface area contributed by atoms with E-state index in [1.165, 1.54) is 42.5 Å². The standard InChI is InChI=1S/C17H25N5S/c1-19-11-5-4-8-22(9-11)10-14-20-16(18)15-12-6-2-3-7-13(12)23-17(15)21-14/h11,19H,2-10H2,1H3,(H2,18,20,21). The predicted octanol–water partition coefficient (Wildman–Crippen LogP) is 2.34. The third-order valence-electron chi connectivity index (χ3n) is 5.17. The zero-order chi connectivity index (χ0) is 15.8. The molecule has 1 fully saturated rings. The van der Waals surface area contributed by atoms with Gasteiger partial charge in [0.15, 0.2) is 0 Å². The number of nitrogen functional groups attached to an aromatic ring is 1. The number of anilines is 1. The van der Waals surface area contributed by atoms with Gasteiger partial charge in [0, 0.05) is 17.5 Å². The van der Waals surface area contributed by atoms with Crippen LogP contribution in [-0.2, 0) is 19.4 Å². The Hall–Kier alpha value is -1.24. The third-order valence-corrected chi connectivity index (χ3v) is 6.35. The molecule has 1 saturated heterocycles. The van der Waals surface area contributed by atoms with E-state index in [-0.39, 0.29) is 0 Å². The SMILES string of the molecule is CNC1CCCN(Cc2nc(N)c3c4c(sc3n2)CCCC4)C1. The summed E-state index contributed by atoms with van der Waals surface area (Å²) >= 11 is 1.83. The molecule has 1 aliphatic carbocycles. The van der Waals surface area contributed by atoms with E-state index in [9.17, 15) is 0 Å². The highest BCUT2D eigenvalue weighted by atomic mass is 32.1. The number of aromatic nitrogens is 2. The Balaban J connectivity index is 1.61. The number of nitrogens with two attached hydrogens (primary N) is 1. The molecule has 0 spiro atoms. The van der Waals surface area contributed by atoms with Gasteiger partial charge in [-0.15, -0.1) is 11.3 Å². The van der Waals surface area contributed by atoms with E-state index in [1.54, 1.807) is 0 Å². The van der Waals surface area contributed by atoms with Crippen molar-refractivity contribution in [2.45, 2.75) is 51.1 Å². The van der Waals surface area contributed by atoms with E-state index in [2.05, 4.69) is 15.2 Å². The lowest BCUT2D eigenvalue weighted by Gasteiger charge is -2.31. The second kappa shape index (κ2) is 6.34. The van der Waals surface area contributed by atoms with Crippen molar-refractivity contribution in [2.24, 2.45) is 0 Å². The predicted molar refractivity (Wildman–Crippen MR) is 95.8 cm³/mol. The number of likely N-dealkylation sites (tertiary alicyclic amines) is 1. The number of aryl methyl sites for hydroxylation is 2. The summed E-state index contributed by atoms with van der Waals surface area (Å²) in [5, 5.41) is 4.53. The van der Waals surface area contributed by atoms with Gasteiger partial charge in [0.1, 0.15) is 16.5 Å². The molecule has 0 aromatic carbocycles. The molecule has 0 amide bonds. The summed E-state index contributed by atoms with van der Waals surface area (Å²) in [4.78, 5) is 14.5. The Morgan fingerprint density at radius 3 is 3.00 bits per heavy atom. The summed E-state index contributed by atoms with van der Waals surface area (Å²) in [6.07, 6.45) is 7.36. The van der Waals surface area contributed by atoms with Crippen LogP contribution in [0.5, 0.6) is 0 Å². The lowest BCUT2D eigenvalue weighted by Crippen LogP contribution is -2.44. The molecular weight excluding hydrogens is 306 g/mol. The van der Waals surface area contributed by atoms with Gasteiger partial charge in [-0.05, 0) is 57.7 Å². The molecule has 2 aromatic heterocycles. The molecule has 5 nitrogen and oxygen atoms in total. The van der Waals surface area contributed by atoms with Gasteiger partial charge in [-0.3, -0.25) is 4.90 Å². The zero-order valence-corrected chi connectivity index (χ0v) is 14.6. The van der Waals surface area contributed by atoms with Gasteiger partial charge in [-0.25, -0.2) is 9.97 Å². The van der Waals surface area contributed by atoms with Crippen molar-refractivity contribution in [3.05, 3.63) is 16.3 Å². The van der Waals surface area contributed by atoms with Crippen molar-refractivity contribution in [3.63, 3.8) is 0 Å². The highest BCUT2D eigenvalue weighted by Crippen LogP contribution is 2.37. The lowest BCUT2D eigenvalue weighted by molar-refractivity contribution is 0.184. The summed E-state index contributed by atoms with van der Waals surface area (Å²) in [6, 6.07) is 0.582. The van der Waals surface area contributed by atoms with Crippen molar-refractivity contribution >= 4 is 27.4 Å². The van der Waals surface area contributed by atoms with Crippen LogP contribution in [0.4, 0.5) is 5.82 Å². The molecule has 1 atom stereocenters. The number of fused-ring (bicyclic) bond motifs is 3. The van der Waals surface area contributed by atoms with E-state index < -0.39 is 0 Å². The smallest absolute Gasteiger partial charge is 0.146 e. The second-order valence-corrected chi connectivity index (χ2v) is 7.86. The fraction of sp³-hybridized carbons (Fsp3) is 0.647. The molecule has 2 aromatic rings. The van der Waals surface area contributed by atoms with Crippen molar-refractivity contribution in [1.82, 2.24) is 20.2 Å². The van der Waals surface area contributed by atoms with Crippen LogP contribution in [0.15, 0.2) is 0 Å². The van der Waals surface area contributed by atoms with Crippen molar-refractivity contribution in [2.75, 3.05) is 25.9 Å². The average Bonchev–Trinajstić information content (AvgIpc) is 2.93. The maximum Gasteiger partial charge on any atom is 0.146 e. The molecule has 4 rings (SSSR count). The third kappa shape index (κ3) is 2.95. The molecule has 124 valence electrons. The first kappa shape index (κ1) is 15.3. The Labute approximate surface area is 141 Å².